The average molecular weight is 485 g/mol. The molecule has 35 heavy (non-hydrogen) atoms. The van der Waals surface area contributed by atoms with E-state index >= 15 is 0 Å². The lowest BCUT2D eigenvalue weighted by atomic mass is 9.95. The molecule has 0 saturated heterocycles. The summed E-state index contributed by atoms with van der Waals surface area (Å²) in [4.78, 5) is 44.3. The van der Waals surface area contributed by atoms with Gasteiger partial charge in [0.25, 0.3) is 11.5 Å². The molecular weight excluding hydrogens is 455 g/mol. The van der Waals surface area contributed by atoms with Gasteiger partial charge in [0.15, 0.2) is 5.75 Å². The van der Waals surface area contributed by atoms with E-state index in [0.717, 1.165) is 10.1 Å². The first-order valence-corrected chi connectivity index (χ1v) is 11.0. The Morgan fingerprint density at radius 1 is 1.17 bits per heavy atom. The topological polar surface area (TPSA) is 125 Å². The number of rotatable bonds is 8. The van der Waals surface area contributed by atoms with Gasteiger partial charge in [0.1, 0.15) is 23.4 Å². The van der Waals surface area contributed by atoms with Gasteiger partial charge in [-0.3, -0.25) is 23.9 Å². The van der Waals surface area contributed by atoms with Crippen molar-refractivity contribution < 1.29 is 24.2 Å². The van der Waals surface area contributed by atoms with Crippen LogP contribution in [-0.4, -0.2) is 63.7 Å². The maximum Gasteiger partial charge on any atom is 0.268 e. The second-order valence-corrected chi connectivity index (χ2v) is 9.42. The highest BCUT2D eigenvalue weighted by molar-refractivity contribution is 6.01. The summed E-state index contributed by atoms with van der Waals surface area (Å²) in [5, 5.41) is 22.8. The zero-order valence-corrected chi connectivity index (χ0v) is 20.1. The number of aliphatic hydroxyl groups is 1. The van der Waals surface area contributed by atoms with Crippen LogP contribution in [0.2, 0.25) is 0 Å². The zero-order valence-electron chi connectivity index (χ0n) is 20.1. The molecule has 2 aromatic heterocycles. The highest BCUT2D eigenvalue weighted by atomic mass is 19.1. The molecule has 3 rings (SSSR count). The first-order chi connectivity index (χ1) is 16.4. The highest BCUT2D eigenvalue weighted by Gasteiger charge is 2.26. The number of likely N-dealkylation sites (N-methyl/N-ethyl adjacent to an activating group) is 1. The Morgan fingerprint density at radius 3 is 2.43 bits per heavy atom. The maximum absolute atomic E-state index is 13.4. The molecule has 0 unspecified atom stereocenters. The predicted octanol–water partition coefficient (Wildman–Crippen LogP) is 1.67. The van der Waals surface area contributed by atoms with Crippen molar-refractivity contribution in [3.8, 4) is 5.75 Å². The zero-order chi connectivity index (χ0) is 25.9. The van der Waals surface area contributed by atoms with E-state index in [-0.39, 0.29) is 36.5 Å². The van der Waals surface area contributed by atoms with Gasteiger partial charge >= 0.3 is 0 Å². The van der Waals surface area contributed by atoms with Gasteiger partial charge in [-0.05, 0) is 35.7 Å². The molecular formula is C25H29FN4O5. The van der Waals surface area contributed by atoms with E-state index in [1.54, 1.807) is 46.1 Å². The minimum atomic E-state index is -0.842. The second kappa shape index (κ2) is 10.2. The molecule has 10 heteroatoms. The van der Waals surface area contributed by atoms with Crippen molar-refractivity contribution in [3.63, 3.8) is 0 Å². The van der Waals surface area contributed by atoms with Gasteiger partial charge in [-0.25, -0.2) is 4.39 Å². The van der Waals surface area contributed by atoms with Crippen molar-refractivity contribution in [2.45, 2.75) is 26.8 Å². The fraction of sp³-hybridized carbons (Fsp3) is 0.360. The van der Waals surface area contributed by atoms with E-state index in [0.29, 0.717) is 12.0 Å². The van der Waals surface area contributed by atoms with Gasteiger partial charge in [-0.1, -0.05) is 26.0 Å². The number of aliphatic hydroxyl groups excluding tert-OH is 1. The number of amides is 2. The summed E-state index contributed by atoms with van der Waals surface area (Å²) in [5.41, 5.74) is -0.370. The lowest BCUT2D eigenvalue weighted by Crippen LogP contribution is -2.40. The van der Waals surface area contributed by atoms with Gasteiger partial charge in [-0.2, -0.15) is 0 Å². The van der Waals surface area contributed by atoms with Gasteiger partial charge in [-0.15, -0.1) is 0 Å². The van der Waals surface area contributed by atoms with Crippen LogP contribution in [0.1, 0.15) is 35.3 Å². The molecule has 1 aromatic carbocycles. The monoisotopic (exact) mass is 484 g/mol. The Bertz CT molecular complexity index is 1320. The third kappa shape index (κ3) is 5.83. The molecule has 0 atom stereocenters. The van der Waals surface area contributed by atoms with E-state index in [9.17, 15) is 29.0 Å². The van der Waals surface area contributed by atoms with Crippen LogP contribution < -0.4 is 10.9 Å². The third-order valence-electron chi connectivity index (χ3n) is 5.63. The number of nitrogens with zero attached hydrogens (tertiary/aromatic N) is 3. The second-order valence-electron chi connectivity index (χ2n) is 9.42. The average Bonchev–Trinajstić information content (AvgIpc) is 2.81. The van der Waals surface area contributed by atoms with Gasteiger partial charge in [0, 0.05) is 38.9 Å². The predicted molar refractivity (Wildman–Crippen MR) is 129 cm³/mol. The summed E-state index contributed by atoms with van der Waals surface area (Å²) in [5.74, 6) is -2.18. The quantitative estimate of drug-likeness (QED) is 0.447. The van der Waals surface area contributed by atoms with E-state index in [4.69, 9.17) is 0 Å². The van der Waals surface area contributed by atoms with Crippen LogP contribution in [0, 0.1) is 11.2 Å². The van der Waals surface area contributed by atoms with E-state index in [2.05, 4.69) is 10.3 Å². The molecule has 0 aliphatic rings. The lowest BCUT2D eigenvalue weighted by molar-refractivity contribution is -0.129. The summed E-state index contributed by atoms with van der Waals surface area (Å²) < 4.78 is 14.4. The van der Waals surface area contributed by atoms with E-state index in [1.807, 2.05) is 0 Å². The number of fused-ring (bicyclic) bond motifs is 1. The van der Waals surface area contributed by atoms with Crippen LogP contribution >= 0.6 is 0 Å². The molecule has 0 radical (unpaired) electrons. The minimum absolute atomic E-state index is 0.00872. The molecule has 3 N–H and O–H groups in total. The molecule has 0 saturated carbocycles. The molecule has 9 nitrogen and oxygen atoms in total. The molecule has 3 aromatic rings. The number of nitrogens with one attached hydrogen (secondary N) is 1. The van der Waals surface area contributed by atoms with Crippen molar-refractivity contribution in [2.75, 3.05) is 27.2 Å². The molecule has 186 valence electrons. The Labute approximate surface area is 201 Å². The SMILES string of the molecule is CN(C)C(=O)Cn1c(=O)c(C(=O)NCC(C)(C)CO)c(O)c2ncc(Cc3ccc(F)cc3)cc21. The molecule has 2 heterocycles. The van der Waals surface area contributed by atoms with Crippen LogP contribution in [0.4, 0.5) is 4.39 Å². The fourth-order valence-electron chi connectivity index (χ4n) is 3.38. The van der Waals surface area contributed by atoms with Gasteiger partial charge in [0.05, 0.1) is 5.52 Å². The maximum atomic E-state index is 13.4. The smallest absolute Gasteiger partial charge is 0.268 e. The van der Waals surface area contributed by atoms with Crippen LogP contribution in [0.5, 0.6) is 5.75 Å². The molecule has 0 fully saturated rings. The number of benzene rings is 1. The molecule has 0 aliphatic carbocycles. The van der Waals surface area contributed by atoms with Crippen LogP contribution in [0.3, 0.4) is 0 Å². The normalized spacial score (nSPS) is 11.5. The van der Waals surface area contributed by atoms with Crippen molar-refractivity contribution >= 4 is 22.8 Å². The first kappa shape index (κ1) is 25.8. The van der Waals surface area contributed by atoms with Crippen LogP contribution in [0.25, 0.3) is 11.0 Å². The molecule has 2 amide bonds. The van der Waals surface area contributed by atoms with E-state index in [1.165, 1.54) is 23.2 Å². The summed E-state index contributed by atoms with van der Waals surface area (Å²) in [6, 6.07) is 7.54. The van der Waals surface area contributed by atoms with Crippen molar-refractivity contribution in [2.24, 2.45) is 5.41 Å². The summed E-state index contributed by atoms with van der Waals surface area (Å²) >= 11 is 0. The number of hydrogen-bond donors (Lipinski definition) is 3. The largest absolute Gasteiger partial charge is 0.505 e. The number of pyridine rings is 2. The Balaban J connectivity index is 2.12. The number of aromatic hydroxyl groups is 1. The summed E-state index contributed by atoms with van der Waals surface area (Å²) in [6.45, 7) is 2.95. The molecule has 0 spiro atoms. The fourth-order valence-corrected chi connectivity index (χ4v) is 3.38. The molecule has 0 aliphatic heterocycles. The third-order valence-corrected chi connectivity index (χ3v) is 5.63. The standard InChI is InChI=1S/C25H29FN4O5/c1-25(2,14-31)13-28-23(34)20-22(33)21-18(30(24(20)35)12-19(32)29(3)4)10-16(11-27-21)9-15-5-7-17(26)8-6-15/h5-8,10-11,31,33H,9,12-14H2,1-4H3,(H,28,34). The van der Waals surface area contributed by atoms with Gasteiger partial charge in [0.2, 0.25) is 5.91 Å². The van der Waals surface area contributed by atoms with E-state index < -0.39 is 34.1 Å². The van der Waals surface area contributed by atoms with Crippen LogP contribution in [-0.2, 0) is 17.8 Å². The van der Waals surface area contributed by atoms with Crippen molar-refractivity contribution in [1.82, 2.24) is 19.8 Å². The first-order valence-electron chi connectivity index (χ1n) is 11.0. The molecule has 0 bridgehead atoms. The number of aromatic nitrogens is 2. The Kier molecular flexibility index (Phi) is 7.54. The lowest BCUT2D eigenvalue weighted by Gasteiger charge is -2.22. The number of halogens is 1. The van der Waals surface area contributed by atoms with Gasteiger partial charge < -0.3 is 20.4 Å². The van der Waals surface area contributed by atoms with Crippen molar-refractivity contribution in [3.05, 3.63) is 69.4 Å². The number of hydrogen-bond acceptors (Lipinski definition) is 6. The minimum Gasteiger partial charge on any atom is -0.505 e. The number of carbonyl (C=O) groups is 2. The van der Waals surface area contributed by atoms with Crippen LogP contribution in [0.15, 0.2) is 41.3 Å². The summed E-state index contributed by atoms with van der Waals surface area (Å²) in [6.07, 6.45) is 1.86. The number of carbonyl (C=O) groups excluding carboxylic acids is 2. The highest BCUT2D eigenvalue weighted by Crippen LogP contribution is 2.26. The Morgan fingerprint density at radius 2 is 1.83 bits per heavy atom. The Hall–Kier alpha value is -3.79. The van der Waals surface area contributed by atoms with Crippen molar-refractivity contribution in [1.29, 1.82) is 0 Å². The summed E-state index contributed by atoms with van der Waals surface area (Å²) in [7, 11) is 3.08.